The molecule has 0 amide bonds. The number of aliphatic hydroxyl groups excluding tert-OH is 1. The molecule has 146 valence electrons. The molecule has 0 bridgehead atoms. The van der Waals surface area contributed by atoms with Crippen LogP contribution in [0.3, 0.4) is 0 Å². The van der Waals surface area contributed by atoms with Gasteiger partial charge in [0.2, 0.25) is 0 Å². The smallest absolute Gasteiger partial charge is 0.191 e. The Morgan fingerprint density at radius 2 is 2.20 bits per heavy atom. The Kier molecular flexibility index (Phi) is 7.97. The lowest BCUT2D eigenvalue weighted by molar-refractivity contribution is -0.0174. The van der Waals surface area contributed by atoms with E-state index in [9.17, 15) is 5.11 Å². The quantitative estimate of drug-likeness (QED) is 0.499. The van der Waals surface area contributed by atoms with Gasteiger partial charge in [-0.3, -0.25) is 9.89 Å². The Bertz CT molecular complexity index is 432. The minimum atomic E-state index is -0.235. The normalized spacial score (nSPS) is 33.1. The fraction of sp³-hybridized carbons (Fsp3) is 0.947. The van der Waals surface area contributed by atoms with Gasteiger partial charge in [-0.2, -0.15) is 0 Å². The molecule has 4 atom stereocenters. The van der Waals surface area contributed by atoms with E-state index in [1.807, 2.05) is 0 Å². The highest BCUT2D eigenvalue weighted by atomic mass is 16.5. The number of aliphatic imine (C=N–C) groups is 1. The maximum atomic E-state index is 10.4. The van der Waals surface area contributed by atoms with Crippen molar-refractivity contribution in [1.82, 2.24) is 15.5 Å². The number of rotatable bonds is 6. The SMILES string of the molecule is CCNC(=NCC1(C)CCCCC1O)NCC(C)N1CCOCC1C. The van der Waals surface area contributed by atoms with Crippen molar-refractivity contribution in [2.45, 2.75) is 71.6 Å². The van der Waals surface area contributed by atoms with Crippen molar-refractivity contribution < 1.29 is 9.84 Å². The second-order valence-electron chi connectivity index (χ2n) is 8.00. The predicted octanol–water partition coefficient (Wildman–Crippen LogP) is 1.59. The van der Waals surface area contributed by atoms with Crippen molar-refractivity contribution in [2.75, 3.05) is 39.4 Å². The third-order valence-corrected chi connectivity index (χ3v) is 5.77. The zero-order chi connectivity index (χ0) is 18.3. The maximum absolute atomic E-state index is 10.4. The van der Waals surface area contributed by atoms with Crippen molar-refractivity contribution in [1.29, 1.82) is 0 Å². The van der Waals surface area contributed by atoms with E-state index < -0.39 is 0 Å². The van der Waals surface area contributed by atoms with Crippen LogP contribution in [0.5, 0.6) is 0 Å². The van der Waals surface area contributed by atoms with Crippen LogP contribution >= 0.6 is 0 Å². The molecule has 2 rings (SSSR count). The molecule has 1 aliphatic heterocycles. The van der Waals surface area contributed by atoms with Gasteiger partial charge in [-0.1, -0.05) is 19.8 Å². The van der Waals surface area contributed by atoms with Gasteiger partial charge in [-0.25, -0.2) is 0 Å². The molecule has 0 aromatic carbocycles. The number of ether oxygens (including phenoxy) is 1. The minimum absolute atomic E-state index is 0.0923. The monoisotopic (exact) mass is 354 g/mol. The Labute approximate surface area is 153 Å². The average molecular weight is 355 g/mol. The Morgan fingerprint density at radius 1 is 1.40 bits per heavy atom. The number of nitrogens with one attached hydrogen (secondary N) is 2. The number of aliphatic hydroxyl groups is 1. The summed E-state index contributed by atoms with van der Waals surface area (Å²) < 4.78 is 5.53. The number of hydrogen-bond acceptors (Lipinski definition) is 4. The van der Waals surface area contributed by atoms with Crippen LogP contribution in [0, 0.1) is 5.41 Å². The summed E-state index contributed by atoms with van der Waals surface area (Å²) in [6, 6.07) is 0.889. The summed E-state index contributed by atoms with van der Waals surface area (Å²) in [7, 11) is 0. The van der Waals surface area contributed by atoms with E-state index in [-0.39, 0.29) is 11.5 Å². The summed E-state index contributed by atoms with van der Waals surface area (Å²) in [4.78, 5) is 7.28. The Hall–Kier alpha value is -0.850. The van der Waals surface area contributed by atoms with Crippen LogP contribution in [0.15, 0.2) is 4.99 Å². The standard InChI is InChI=1S/C19H38N4O2/c1-5-20-18(22-14-19(4)9-7-6-8-17(19)24)21-12-15(2)23-10-11-25-13-16(23)3/h15-17,24H,5-14H2,1-4H3,(H2,20,21,22). The topological polar surface area (TPSA) is 69.1 Å². The van der Waals surface area contributed by atoms with Crippen molar-refractivity contribution in [3.8, 4) is 0 Å². The van der Waals surface area contributed by atoms with Crippen molar-refractivity contribution in [3.63, 3.8) is 0 Å². The van der Waals surface area contributed by atoms with Gasteiger partial charge in [0.25, 0.3) is 0 Å². The summed E-state index contributed by atoms with van der Waals surface area (Å²) in [5, 5.41) is 17.2. The second-order valence-corrected chi connectivity index (χ2v) is 8.00. The minimum Gasteiger partial charge on any atom is -0.392 e. The molecule has 1 heterocycles. The lowest BCUT2D eigenvalue weighted by Gasteiger charge is -2.38. The van der Waals surface area contributed by atoms with Crippen LogP contribution in [-0.2, 0) is 4.74 Å². The molecule has 0 aromatic heterocycles. The highest BCUT2D eigenvalue weighted by Crippen LogP contribution is 2.36. The van der Waals surface area contributed by atoms with Crippen molar-refractivity contribution in [3.05, 3.63) is 0 Å². The lowest BCUT2D eigenvalue weighted by atomic mass is 9.73. The molecule has 6 nitrogen and oxygen atoms in total. The molecule has 2 aliphatic rings. The van der Waals surface area contributed by atoms with Crippen molar-refractivity contribution in [2.24, 2.45) is 10.4 Å². The van der Waals surface area contributed by atoms with Crippen LogP contribution in [0.2, 0.25) is 0 Å². The van der Waals surface area contributed by atoms with E-state index in [1.54, 1.807) is 0 Å². The van der Waals surface area contributed by atoms with Gasteiger partial charge in [0, 0.05) is 37.1 Å². The zero-order valence-electron chi connectivity index (χ0n) is 16.6. The molecule has 4 unspecified atom stereocenters. The fourth-order valence-corrected chi connectivity index (χ4v) is 3.92. The van der Waals surface area contributed by atoms with E-state index >= 15 is 0 Å². The van der Waals surface area contributed by atoms with Gasteiger partial charge in [0.15, 0.2) is 5.96 Å². The Balaban J connectivity index is 1.88. The summed E-state index contributed by atoms with van der Waals surface area (Å²) >= 11 is 0. The van der Waals surface area contributed by atoms with E-state index in [4.69, 9.17) is 9.73 Å². The first-order chi connectivity index (χ1) is 12.0. The molecule has 3 N–H and O–H groups in total. The summed E-state index contributed by atoms with van der Waals surface area (Å²) in [6.45, 7) is 13.7. The third-order valence-electron chi connectivity index (χ3n) is 5.77. The van der Waals surface area contributed by atoms with Gasteiger partial charge in [-0.15, -0.1) is 0 Å². The molecule has 1 saturated heterocycles. The number of guanidine groups is 1. The van der Waals surface area contributed by atoms with Crippen LogP contribution in [0.4, 0.5) is 0 Å². The highest BCUT2D eigenvalue weighted by molar-refractivity contribution is 5.79. The van der Waals surface area contributed by atoms with Crippen LogP contribution < -0.4 is 10.6 Å². The van der Waals surface area contributed by atoms with Crippen molar-refractivity contribution >= 4 is 5.96 Å². The average Bonchev–Trinajstić information content (AvgIpc) is 2.60. The molecule has 6 heteroatoms. The highest BCUT2D eigenvalue weighted by Gasteiger charge is 2.35. The summed E-state index contributed by atoms with van der Waals surface area (Å²) in [6.07, 6.45) is 4.05. The Morgan fingerprint density at radius 3 is 2.88 bits per heavy atom. The zero-order valence-corrected chi connectivity index (χ0v) is 16.6. The summed E-state index contributed by atoms with van der Waals surface area (Å²) in [5.74, 6) is 0.856. The van der Waals surface area contributed by atoms with Gasteiger partial charge in [0.1, 0.15) is 0 Å². The van der Waals surface area contributed by atoms with Gasteiger partial charge in [0.05, 0.1) is 25.9 Å². The number of nitrogens with zero attached hydrogens (tertiary/aromatic N) is 2. The molecule has 2 fully saturated rings. The van der Waals surface area contributed by atoms with Crippen LogP contribution in [0.1, 0.15) is 53.4 Å². The van der Waals surface area contributed by atoms with Crippen LogP contribution in [-0.4, -0.2) is 73.5 Å². The first-order valence-corrected chi connectivity index (χ1v) is 10.00. The molecule has 0 aromatic rings. The first kappa shape index (κ1) is 20.5. The molecule has 0 radical (unpaired) electrons. The third kappa shape index (κ3) is 5.83. The largest absolute Gasteiger partial charge is 0.392 e. The molecule has 1 aliphatic carbocycles. The number of morpholine rings is 1. The predicted molar refractivity (Wildman–Crippen MR) is 103 cm³/mol. The van der Waals surface area contributed by atoms with Crippen LogP contribution in [0.25, 0.3) is 0 Å². The fourth-order valence-electron chi connectivity index (χ4n) is 3.92. The lowest BCUT2D eigenvalue weighted by Crippen LogP contribution is -2.53. The van der Waals surface area contributed by atoms with E-state index in [1.165, 1.54) is 6.42 Å². The second kappa shape index (κ2) is 9.74. The molecular formula is C19H38N4O2. The van der Waals surface area contributed by atoms with E-state index in [2.05, 4.69) is 43.2 Å². The maximum Gasteiger partial charge on any atom is 0.191 e. The molecule has 25 heavy (non-hydrogen) atoms. The van der Waals surface area contributed by atoms with Gasteiger partial charge in [-0.05, 0) is 33.6 Å². The van der Waals surface area contributed by atoms with E-state index in [0.717, 1.165) is 58.1 Å². The van der Waals surface area contributed by atoms with Gasteiger partial charge < -0.3 is 20.5 Å². The summed E-state index contributed by atoms with van der Waals surface area (Å²) in [5.41, 5.74) is -0.0923. The molecular weight excluding hydrogens is 316 g/mol. The van der Waals surface area contributed by atoms with E-state index in [0.29, 0.717) is 18.6 Å². The van der Waals surface area contributed by atoms with Gasteiger partial charge >= 0.3 is 0 Å². The molecule has 0 spiro atoms. The number of hydrogen-bond donors (Lipinski definition) is 3. The molecule has 1 saturated carbocycles. The first-order valence-electron chi connectivity index (χ1n) is 10.00.